The standard InChI is InChI=1S/C23H34N2O2/c1-24(23(26)27)16-18-9-4-10-20-19(18)11-12-22-21(20)13-15-25(22)14-5-8-17-6-2-3-7-17/h4,9-10,17,21-22H,2-3,5-8,11-16H2,1H3,(H,26,27)/t21-,22+/m1/s1. The van der Waals surface area contributed by atoms with E-state index in [1.54, 1.807) is 7.05 Å². The molecule has 4 rings (SSSR count). The molecule has 1 saturated carbocycles. The fourth-order valence-corrected chi connectivity index (χ4v) is 5.89. The maximum absolute atomic E-state index is 11.2. The lowest BCUT2D eigenvalue weighted by atomic mass is 9.77. The van der Waals surface area contributed by atoms with Crippen molar-refractivity contribution in [3.8, 4) is 0 Å². The molecule has 0 spiro atoms. The number of carboxylic acid groups (broad SMARTS) is 1. The average Bonchev–Trinajstić information content (AvgIpc) is 3.32. The zero-order valence-electron chi connectivity index (χ0n) is 16.7. The quantitative estimate of drug-likeness (QED) is 0.777. The first-order valence-electron chi connectivity index (χ1n) is 10.9. The Morgan fingerprint density at radius 2 is 2.04 bits per heavy atom. The molecule has 2 fully saturated rings. The molecule has 1 aromatic rings. The Balaban J connectivity index is 1.40. The van der Waals surface area contributed by atoms with Crippen molar-refractivity contribution in [3.63, 3.8) is 0 Å². The lowest BCUT2D eigenvalue weighted by Gasteiger charge is -2.35. The van der Waals surface area contributed by atoms with Gasteiger partial charge >= 0.3 is 6.09 Å². The highest BCUT2D eigenvalue weighted by molar-refractivity contribution is 5.64. The number of hydrogen-bond acceptors (Lipinski definition) is 2. The first-order chi connectivity index (χ1) is 13.1. The molecule has 3 aliphatic rings. The molecule has 4 heteroatoms. The van der Waals surface area contributed by atoms with Gasteiger partial charge in [0.05, 0.1) is 0 Å². The van der Waals surface area contributed by atoms with E-state index in [9.17, 15) is 9.90 Å². The summed E-state index contributed by atoms with van der Waals surface area (Å²) in [6, 6.07) is 7.26. The maximum atomic E-state index is 11.2. The topological polar surface area (TPSA) is 43.8 Å². The highest BCUT2D eigenvalue weighted by atomic mass is 16.4. The van der Waals surface area contributed by atoms with Crippen LogP contribution in [-0.4, -0.2) is 47.2 Å². The van der Waals surface area contributed by atoms with Gasteiger partial charge in [0.15, 0.2) is 0 Å². The number of benzene rings is 1. The van der Waals surface area contributed by atoms with Gasteiger partial charge in [-0.1, -0.05) is 43.9 Å². The molecule has 148 valence electrons. The van der Waals surface area contributed by atoms with Crippen LogP contribution in [0.3, 0.4) is 0 Å². The zero-order valence-corrected chi connectivity index (χ0v) is 16.7. The summed E-state index contributed by atoms with van der Waals surface area (Å²) < 4.78 is 0. The van der Waals surface area contributed by atoms with Gasteiger partial charge in [0.1, 0.15) is 0 Å². The molecule has 0 unspecified atom stereocenters. The fraction of sp³-hybridized carbons (Fsp3) is 0.696. The van der Waals surface area contributed by atoms with Crippen LogP contribution >= 0.6 is 0 Å². The number of hydrogen-bond donors (Lipinski definition) is 1. The summed E-state index contributed by atoms with van der Waals surface area (Å²) in [6.45, 7) is 3.01. The molecule has 1 saturated heterocycles. The summed E-state index contributed by atoms with van der Waals surface area (Å²) in [4.78, 5) is 15.4. The molecule has 2 atom stereocenters. The van der Waals surface area contributed by atoms with Gasteiger partial charge < -0.3 is 10.0 Å². The molecule has 0 bridgehead atoms. The highest BCUT2D eigenvalue weighted by Gasteiger charge is 2.38. The van der Waals surface area contributed by atoms with Gasteiger partial charge in [-0.25, -0.2) is 4.79 Å². The Morgan fingerprint density at radius 3 is 2.81 bits per heavy atom. The minimum absolute atomic E-state index is 0.501. The van der Waals surface area contributed by atoms with Crippen LogP contribution in [0.1, 0.15) is 74.0 Å². The van der Waals surface area contributed by atoms with E-state index >= 15 is 0 Å². The Bertz CT molecular complexity index is 668. The largest absolute Gasteiger partial charge is 0.465 e. The van der Waals surface area contributed by atoms with Gasteiger partial charge in [0.25, 0.3) is 0 Å². The van der Waals surface area contributed by atoms with Crippen molar-refractivity contribution >= 4 is 6.09 Å². The number of fused-ring (bicyclic) bond motifs is 3. The number of carbonyl (C=O) groups is 1. The second-order valence-electron chi connectivity index (χ2n) is 8.95. The van der Waals surface area contributed by atoms with Crippen LogP contribution in [0, 0.1) is 5.92 Å². The molecule has 1 N–H and O–H groups in total. The van der Waals surface area contributed by atoms with Crippen molar-refractivity contribution in [1.82, 2.24) is 9.80 Å². The Labute approximate surface area is 163 Å². The van der Waals surface area contributed by atoms with Gasteiger partial charge in [-0.3, -0.25) is 4.90 Å². The van der Waals surface area contributed by atoms with Crippen molar-refractivity contribution in [2.75, 3.05) is 20.1 Å². The molecule has 0 radical (unpaired) electrons. The van der Waals surface area contributed by atoms with E-state index in [1.165, 1.54) is 86.0 Å². The van der Waals surface area contributed by atoms with Crippen LogP contribution in [0.15, 0.2) is 18.2 Å². The molecular weight excluding hydrogens is 336 g/mol. The van der Waals surface area contributed by atoms with Crippen LogP contribution < -0.4 is 0 Å². The molecule has 27 heavy (non-hydrogen) atoms. The van der Waals surface area contributed by atoms with E-state index in [-0.39, 0.29) is 0 Å². The number of nitrogens with zero attached hydrogens (tertiary/aromatic N) is 2. The second-order valence-corrected chi connectivity index (χ2v) is 8.95. The normalized spacial score (nSPS) is 25.4. The Morgan fingerprint density at radius 1 is 1.22 bits per heavy atom. The van der Waals surface area contributed by atoms with Crippen molar-refractivity contribution in [3.05, 3.63) is 34.9 Å². The lowest BCUT2D eigenvalue weighted by molar-refractivity contribution is 0.153. The van der Waals surface area contributed by atoms with Gasteiger partial charge in [-0.2, -0.15) is 0 Å². The predicted molar refractivity (Wildman–Crippen MR) is 108 cm³/mol. The molecule has 0 aromatic heterocycles. The van der Waals surface area contributed by atoms with Crippen LogP contribution in [-0.2, 0) is 13.0 Å². The number of likely N-dealkylation sites (tertiary alicyclic amines) is 1. The van der Waals surface area contributed by atoms with Crippen molar-refractivity contribution in [2.24, 2.45) is 5.92 Å². The SMILES string of the molecule is CN(Cc1cccc2c1CC[C@H]1[C@@H]2CCN1CCCC1CCCC1)C(=O)O. The minimum atomic E-state index is -0.851. The lowest BCUT2D eigenvalue weighted by Crippen LogP contribution is -2.36. The van der Waals surface area contributed by atoms with E-state index in [2.05, 4.69) is 23.1 Å². The molecule has 4 nitrogen and oxygen atoms in total. The Hall–Kier alpha value is -1.55. The van der Waals surface area contributed by atoms with Crippen molar-refractivity contribution in [1.29, 1.82) is 0 Å². The third kappa shape index (κ3) is 4.01. The molecular formula is C23H34N2O2. The van der Waals surface area contributed by atoms with Crippen LogP contribution in [0.25, 0.3) is 0 Å². The van der Waals surface area contributed by atoms with E-state index < -0.39 is 6.09 Å². The monoisotopic (exact) mass is 370 g/mol. The first-order valence-corrected chi connectivity index (χ1v) is 10.9. The van der Waals surface area contributed by atoms with Crippen molar-refractivity contribution < 1.29 is 9.90 Å². The summed E-state index contributed by atoms with van der Waals surface area (Å²) in [6.07, 6.45) is 11.4. The smallest absolute Gasteiger partial charge is 0.407 e. The first kappa shape index (κ1) is 18.8. The number of rotatable bonds is 6. The fourth-order valence-electron chi connectivity index (χ4n) is 5.89. The minimum Gasteiger partial charge on any atom is -0.465 e. The average molecular weight is 371 g/mol. The second kappa shape index (κ2) is 8.22. The zero-order chi connectivity index (χ0) is 18.8. The predicted octanol–water partition coefficient (Wildman–Crippen LogP) is 4.87. The van der Waals surface area contributed by atoms with Gasteiger partial charge in [-0.05, 0) is 67.8 Å². The summed E-state index contributed by atoms with van der Waals surface area (Å²) in [7, 11) is 1.66. The summed E-state index contributed by atoms with van der Waals surface area (Å²) in [5.74, 6) is 1.65. The van der Waals surface area contributed by atoms with Crippen molar-refractivity contribution in [2.45, 2.75) is 76.3 Å². The third-order valence-corrected chi connectivity index (χ3v) is 7.33. The summed E-state index contributed by atoms with van der Waals surface area (Å²) in [5.41, 5.74) is 4.14. The number of amides is 1. The van der Waals surface area contributed by atoms with Crippen LogP contribution in [0.4, 0.5) is 4.79 Å². The molecule has 1 amide bonds. The summed E-state index contributed by atoms with van der Waals surface area (Å²) in [5, 5.41) is 9.21. The molecule has 1 aliphatic heterocycles. The third-order valence-electron chi connectivity index (χ3n) is 7.33. The van der Waals surface area contributed by atoms with Gasteiger partial charge in [0, 0.05) is 25.6 Å². The molecule has 1 heterocycles. The summed E-state index contributed by atoms with van der Waals surface area (Å²) >= 11 is 0. The maximum Gasteiger partial charge on any atom is 0.407 e. The van der Waals surface area contributed by atoms with Crippen LogP contribution in [0.2, 0.25) is 0 Å². The van der Waals surface area contributed by atoms with Gasteiger partial charge in [-0.15, -0.1) is 0 Å². The molecule has 2 aliphatic carbocycles. The van der Waals surface area contributed by atoms with E-state index in [0.717, 1.165) is 12.3 Å². The van der Waals surface area contributed by atoms with E-state index in [1.807, 2.05) is 0 Å². The van der Waals surface area contributed by atoms with E-state index in [0.29, 0.717) is 18.5 Å². The molecule has 1 aromatic carbocycles. The van der Waals surface area contributed by atoms with Gasteiger partial charge in [0.2, 0.25) is 0 Å². The Kier molecular flexibility index (Phi) is 5.72. The highest BCUT2D eigenvalue weighted by Crippen LogP contribution is 2.43. The van der Waals surface area contributed by atoms with E-state index in [4.69, 9.17) is 0 Å². The van der Waals surface area contributed by atoms with Crippen LogP contribution in [0.5, 0.6) is 0 Å².